The molecule has 0 atom stereocenters. The van der Waals surface area contributed by atoms with E-state index in [9.17, 15) is 17.3 Å². The van der Waals surface area contributed by atoms with Crippen LogP contribution < -0.4 is 9.30 Å². The monoisotopic (exact) mass is 415 g/mol. The summed E-state index contributed by atoms with van der Waals surface area (Å²) in [6.07, 6.45) is 2.67. The smallest absolute Gasteiger partial charge is 0.493 e. The van der Waals surface area contributed by atoms with Gasteiger partial charge in [0.2, 0.25) is 0 Å². The molecule has 4 rings (SSSR count). The maximum absolute atomic E-state index is 9.75. The van der Waals surface area contributed by atoms with Gasteiger partial charge < -0.3 is 27.1 Å². The number of rotatable bonds is 4. The van der Waals surface area contributed by atoms with E-state index in [-0.39, 0.29) is 6.61 Å². The van der Waals surface area contributed by atoms with Crippen LogP contribution in [0.4, 0.5) is 17.3 Å². The molecule has 1 aliphatic heterocycles. The Morgan fingerprint density at radius 3 is 2.68 bits per heavy atom. The molecule has 0 fully saturated rings. The lowest BCUT2D eigenvalue weighted by atomic mass is 10.2. The number of aliphatic hydroxyl groups is 1. The van der Waals surface area contributed by atoms with Crippen LogP contribution in [0.5, 0.6) is 5.75 Å². The Hall–Kier alpha value is -2.27. The van der Waals surface area contributed by atoms with Crippen molar-refractivity contribution >= 4 is 30.2 Å². The highest BCUT2D eigenvalue weighted by Crippen LogP contribution is 2.31. The molecule has 0 radical (unpaired) electrons. The van der Waals surface area contributed by atoms with E-state index >= 15 is 0 Å². The number of imidazole rings is 1. The van der Waals surface area contributed by atoms with E-state index in [1.165, 1.54) is 5.69 Å². The minimum atomic E-state index is -6.00. The number of aromatic nitrogens is 3. The Balaban J connectivity index is 0.000000403. The number of hydrogen-bond donors (Lipinski definition) is 1. The second-order valence-electron chi connectivity index (χ2n) is 6.01. The molecular formula is C17H18BF4N3O2S. The average Bonchev–Trinajstić information content (AvgIpc) is 3.01. The van der Waals surface area contributed by atoms with Gasteiger partial charge in [-0.15, -0.1) is 0 Å². The molecule has 0 spiro atoms. The van der Waals surface area contributed by atoms with E-state index in [2.05, 4.69) is 21.5 Å². The number of benzene rings is 1. The highest BCUT2D eigenvalue weighted by molar-refractivity contribution is 7.97. The summed E-state index contributed by atoms with van der Waals surface area (Å²) in [6.45, 7) is 2.77. The molecule has 3 aromatic rings. The van der Waals surface area contributed by atoms with Gasteiger partial charge >= 0.3 is 13.2 Å². The van der Waals surface area contributed by atoms with Crippen LogP contribution in [-0.4, -0.2) is 34.5 Å². The number of fused-ring (bicyclic) bond motifs is 5. The highest BCUT2D eigenvalue weighted by Gasteiger charge is 2.30. The molecule has 3 heterocycles. The number of aliphatic hydroxyl groups excluding tert-OH is 1. The van der Waals surface area contributed by atoms with Crippen LogP contribution in [0.15, 0.2) is 36.5 Å². The third-order valence-corrected chi connectivity index (χ3v) is 5.10. The lowest BCUT2D eigenvalue weighted by molar-refractivity contribution is -0.612. The zero-order valence-electron chi connectivity index (χ0n) is 15.0. The average molecular weight is 415 g/mol. The lowest BCUT2D eigenvalue weighted by Gasteiger charge is -2.17. The fourth-order valence-electron chi connectivity index (χ4n) is 2.84. The van der Waals surface area contributed by atoms with Gasteiger partial charge in [0.15, 0.2) is 11.0 Å². The van der Waals surface area contributed by atoms with E-state index in [1.807, 2.05) is 30.5 Å². The van der Waals surface area contributed by atoms with Gasteiger partial charge in [0, 0.05) is 36.6 Å². The number of halogens is 4. The Kier molecular flexibility index (Phi) is 6.14. The molecule has 1 aromatic carbocycles. The third-order valence-electron chi connectivity index (χ3n) is 4.08. The number of pyridine rings is 1. The summed E-state index contributed by atoms with van der Waals surface area (Å²) in [6, 6.07) is 10.2. The molecule has 0 aliphatic carbocycles. The normalized spacial score (nSPS) is 12.8. The topological polar surface area (TPSA) is 51.2 Å². The number of ether oxygens (including phenoxy) is 1. The molecule has 5 nitrogen and oxygen atoms in total. The fraction of sp³-hybridized carbons (Fsp3) is 0.294. The Labute approximate surface area is 163 Å². The van der Waals surface area contributed by atoms with Crippen molar-refractivity contribution in [3.05, 3.63) is 47.8 Å². The van der Waals surface area contributed by atoms with Crippen molar-refractivity contribution in [1.29, 1.82) is 0 Å². The van der Waals surface area contributed by atoms with Crippen LogP contribution >= 0.6 is 11.9 Å². The zero-order valence-corrected chi connectivity index (χ0v) is 15.8. The Morgan fingerprint density at radius 2 is 1.96 bits per heavy atom. The summed E-state index contributed by atoms with van der Waals surface area (Å²) in [5, 5.41) is 8.89. The fourth-order valence-corrected chi connectivity index (χ4v) is 3.99. The van der Waals surface area contributed by atoms with Crippen LogP contribution in [0, 0.1) is 6.92 Å². The minimum absolute atomic E-state index is 0.151. The third kappa shape index (κ3) is 4.58. The summed E-state index contributed by atoms with van der Waals surface area (Å²) < 4.78 is 49.1. The van der Waals surface area contributed by atoms with Gasteiger partial charge in [-0.3, -0.25) is 0 Å². The molecule has 28 heavy (non-hydrogen) atoms. The van der Waals surface area contributed by atoms with Crippen molar-refractivity contribution in [2.45, 2.75) is 19.1 Å². The quantitative estimate of drug-likeness (QED) is 0.306. The molecule has 0 saturated heterocycles. The molecule has 0 amide bonds. The van der Waals surface area contributed by atoms with Crippen molar-refractivity contribution in [1.82, 2.24) is 8.96 Å². The van der Waals surface area contributed by atoms with Crippen molar-refractivity contribution < 1.29 is 31.7 Å². The van der Waals surface area contributed by atoms with Crippen molar-refractivity contribution in [3.63, 3.8) is 0 Å². The molecule has 2 aromatic heterocycles. The number of hydrogen-bond acceptors (Lipinski definition) is 4. The van der Waals surface area contributed by atoms with Crippen molar-refractivity contribution in [2.24, 2.45) is 0 Å². The van der Waals surface area contributed by atoms with Gasteiger partial charge in [0.25, 0.3) is 0 Å². The number of nitrogens with zero attached hydrogens (tertiary/aromatic N) is 3. The summed E-state index contributed by atoms with van der Waals surface area (Å²) in [5.41, 5.74) is 4.50. The van der Waals surface area contributed by atoms with Gasteiger partial charge in [0.1, 0.15) is 11.4 Å². The van der Waals surface area contributed by atoms with Crippen LogP contribution in [0.3, 0.4) is 0 Å². The second-order valence-corrected chi connectivity index (χ2v) is 6.92. The van der Waals surface area contributed by atoms with E-state index in [1.54, 1.807) is 11.9 Å². The standard InChI is InChI=1S/C17H18N3O2S.BF4/c1-12-15-11-23-20-14-6-3-2-5-13(14)18-17(20)19(15)8-7-16(12)22-10-4-9-21;2-1(3,4)5/h2-3,5-8,21H,4,9-11H2,1H3;/q+1;-1. The van der Waals surface area contributed by atoms with E-state index in [4.69, 9.17) is 14.8 Å². The lowest BCUT2D eigenvalue weighted by Crippen LogP contribution is -2.41. The summed E-state index contributed by atoms with van der Waals surface area (Å²) in [5.74, 6) is 2.69. The van der Waals surface area contributed by atoms with E-state index < -0.39 is 7.25 Å². The van der Waals surface area contributed by atoms with Crippen LogP contribution in [0.2, 0.25) is 0 Å². The first-order valence-corrected chi connectivity index (χ1v) is 9.50. The largest absolute Gasteiger partial charge is 0.673 e. The molecular weight excluding hydrogens is 397 g/mol. The second kappa shape index (κ2) is 8.40. The van der Waals surface area contributed by atoms with E-state index in [0.29, 0.717) is 13.0 Å². The summed E-state index contributed by atoms with van der Waals surface area (Å²) >= 11 is 1.76. The first-order valence-electron chi connectivity index (χ1n) is 8.56. The predicted octanol–water partition coefficient (Wildman–Crippen LogP) is 3.69. The first kappa shape index (κ1) is 20.5. The van der Waals surface area contributed by atoms with Crippen LogP contribution in [-0.2, 0) is 5.75 Å². The van der Waals surface area contributed by atoms with Crippen molar-refractivity contribution in [2.75, 3.05) is 13.2 Å². The summed E-state index contributed by atoms with van der Waals surface area (Å²) in [7, 11) is -6.00. The van der Waals surface area contributed by atoms with Gasteiger partial charge in [-0.25, -0.2) is 4.57 Å². The first-order chi connectivity index (χ1) is 13.3. The zero-order chi connectivity index (χ0) is 20.3. The van der Waals surface area contributed by atoms with Crippen molar-refractivity contribution in [3.8, 4) is 11.7 Å². The van der Waals surface area contributed by atoms with Crippen LogP contribution in [0.25, 0.3) is 17.0 Å². The Morgan fingerprint density at radius 1 is 1.25 bits per heavy atom. The molecule has 0 unspecified atom stereocenters. The van der Waals surface area contributed by atoms with Gasteiger partial charge in [-0.05, 0) is 19.1 Å². The van der Waals surface area contributed by atoms with Gasteiger partial charge in [0.05, 0.1) is 18.6 Å². The SMILES string of the molecule is Cc1c(OCCCO)cc[n+]2c1CSn1c-2nc2ccccc21.F[B-](F)(F)F. The van der Waals surface area contributed by atoms with Gasteiger partial charge in [-0.1, -0.05) is 17.1 Å². The number of para-hydroxylation sites is 2. The van der Waals surface area contributed by atoms with Gasteiger partial charge in [-0.2, -0.15) is 3.97 Å². The molecule has 1 N–H and O–H groups in total. The molecule has 11 heteroatoms. The minimum Gasteiger partial charge on any atom is -0.493 e. The molecule has 0 bridgehead atoms. The molecule has 0 saturated carbocycles. The maximum Gasteiger partial charge on any atom is 0.673 e. The molecule has 150 valence electrons. The Bertz CT molecular complexity index is 975. The predicted molar refractivity (Wildman–Crippen MR) is 100 cm³/mol. The highest BCUT2D eigenvalue weighted by atomic mass is 32.2. The maximum atomic E-state index is 9.75. The summed E-state index contributed by atoms with van der Waals surface area (Å²) in [4.78, 5) is 4.77. The van der Waals surface area contributed by atoms with Crippen LogP contribution in [0.1, 0.15) is 17.7 Å². The molecule has 1 aliphatic rings. The van der Waals surface area contributed by atoms with E-state index in [0.717, 1.165) is 34.0 Å².